The zero-order valence-electron chi connectivity index (χ0n) is 11.5. The van der Waals surface area contributed by atoms with Gasteiger partial charge in [0.25, 0.3) is 0 Å². The molecule has 3 nitrogen and oxygen atoms in total. The molecule has 2 rings (SSSR count). The van der Waals surface area contributed by atoms with Crippen LogP contribution in [-0.4, -0.2) is 30.8 Å². The lowest BCUT2D eigenvalue weighted by atomic mass is 9.94. The van der Waals surface area contributed by atoms with Gasteiger partial charge in [-0.05, 0) is 44.4 Å². The molecule has 0 amide bonds. The summed E-state index contributed by atoms with van der Waals surface area (Å²) in [5.41, 5.74) is 2.74. The van der Waals surface area contributed by atoms with E-state index in [1.165, 1.54) is 24.1 Å². The highest BCUT2D eigenvalue weighted by Gasteiger charge is 2.30. The van der Waals surface area contributed by atoms with Crippen molar-refractivity contribution in [3.8, 4) is 0 Å². The molecule has 2 atom stereocenters. The average Bonchev–Trinajstić information content (AvgIpc) is 2.82. The molecule has 0 saturated heterocycles. The molecule has 0 saturated carbocycles. The van der Waals surface area contributed by atoms with Crippen molar-refractivity contribution >= 4 is 0 Å². The molecule has 1 heterocycles. The summed E-state index contributed by atoms with van der Waals surface area (Å²) in [7, 11) is 0. The van der Waals surface area contributed by atoms with Crippen LogP contribution < -0.4 is 5.32 Å². The van der Waals surface area contributed by atoms with Gasteiger partial charge >= 0.3 is 0 Å². The second kappa shape index (κ2) is 6.86. The second-order valence-electron chi connectivity index (χ2n) is 4.84. The Kier molecular flexibility index (Phi) is 5.14. The largest absolute Gasteiger partial charge is 0.382 e. The molecule has 0 radical (unpaired) electrons. The van der Waals surface area contributed by atoms with E-state index >= 15 is 0 Å². The van der Waals surface area contributed by atoms with Gasteiger partial charge in [-0.25, -0.2) is 0 Å². The van der Waals surface area contributed by atoms with Gasteiger partial charge in [-0.1, -0.05) is 13.0 Å². The predicted molar refractivity (Wildman–Crippen MR) is 73.9 cm³/mol. The zero-order valence-corrected chi connectivity index (χ0v) is 11.5. The number of ether oxygens (including phenoxy) is 1. The third-order valence-electron chi connectivity index (χ3n) is 3.73. The Bertz CT molecular complexity index is 367. The molecular formula is C15H24N2O. The third kappa shape index (κ3) is 3.09. The highest BCUT2D eigenvalue weighted by atomic mass is 16.5. The number of rotatable bonds is 7. The van der Waals surface area contributed by atoms with Crippen LogP contribution in [0.25, 0.3) is 0 Å². The monoisotopic (exact) mass is 248 g/mol. The first kappa shape index (κ1) is 13.5. The van der Waals surface area contributed by atoms with Gasteiger partial charge in [-0.15, -0.1) is 0 Å². The molecule has 0 spiro atoms. The van der Waals surface area contributed by atoms with Gasteiger partial charge in [0.05, 0.1) is 0 Å². The van der Waals surface area contributed by atoms with Crippen LogP contribution in [-0.2, 0) is 11.2 Å². The Morgan fingerprint density at radius 2 is 2.39 bits per heavy atom. The summed E-state index contributed by atoms with van der Waals surface area (Å²) in [6.07, 6.45) is 5.38. The third-order valence-corrected chi connectivity index (χ3v) is 3.73. The lowest BCUT2D eigenvalue weighted by Gasteiger charge is -2.24. The highest BCUT2D eigenvalue weighted by molar-refractivity contribution is 5.29. The summed E-state index contributed by atoms with van der Waals surface area (Å²) in [5.74, 6) is 0.557. The number of pyridine rings is 1. The van der Waals surface area contributed by atoms with E-state index < -0.39 is 0 Å². The first-order valence-corrected chi connectivity index (χ1v) is 7.11. The van der Waals surface area contributed by atoms with E-state index in [4.69, 9.17) is 4.74 Å². The lowest BCUT2D eigenvalue weighted by Crippen LogP contribution is -2.35. The Labute approximate surface area is 110 Å². The second-order valence-corrected chi connectivity index (χ2v) is 4.84. The van der Waals surface area contributed by atoms with Crippen molar-refractivity contribution in [2.75, 3.05) is 19.8 Å². The molecule has 0 fully saturated rings. The molecule has 1 aromatic rings. The minimum Gasteiger partial charge on any atom is -0.382 e. The van der Waals surface area contributed by atoms with E-state index in [9.17, 15) is 0 Å². The summed E-state index contributed by atoms with van der Waals surface area (Å²) >= 11 is 0. The first-order chi connectivity index (χ1) is 8.86. The minimum absolute atomic E-state index is 0.498. The normalized spacial score (nSPS) is 19.8. The molecule has 0 aromatic carbocycles. The fourth-order valence-electron chi connectivity index (χ4n) is 2.90. The molecule has 1 aliphatic rings. The molecule has 1 N–H and O–H groups in total. The molecule has 1 aliphatic carbocycles. The SMILES string of the molecule is CCNC(CCOCC)C1CCc2cccnc21. The van der Waals surface area contributed by atoms with Crippen LogP contribution in [0.2, 0.25) is 0 Å². The Hall–Kier alpha value is -0.930. The summed E-state index contributed by atoms with van der Waals surface area (Å²) in [4.78, 5) is 4.59. The molecule has 0 bridgehead atoms. The first-order valence-electron chi connectivity index (χ1n) is 7.11. The molecule has 1 aromatic heterocycles. The molecule has 3 heteroatoms. The number of nitrogens with one attached hydrogen (secondary N) is 1. The summed E-state index contributed by atoms with van der Waals surface area (Å²) in [5, 5.41) is 3.60. The van der Waals surface area contributed by atoms with Crippen molar-refractivity contribution in [2.24, 2.45) is 0 Å². The van der Waals surface area contributed by atoms with Gasteiger partial charge in [0.1, 0.15) is 0 Å². The standard InChI is InChI=1S/C15H24N2O/c1-3-16-14(9-11-18-4-2)13-8-7-12-6-5-10-17-15(12)13/h5-6,10,13-14,16H,3-4,7-9,11H2,1-2H3. The predicted octanol–water partition coefficient (Wildman–Crippen LogP) is 2.52. The maximum atomic E-state index is 5.50. The fourth-order valence-corrected chi connectivity index (χ4v) is 2.90. The average molecular weight is 248 g/mol. The Morgan fingerprint density at radius 3 is 3.17 bits per heavy atom. The van der Waals surface area contributed by atoms with E-state index in [2.05, 4.69) is 30.2 Å². The van der Waals surface area contributed by atoms with Crippen LogP contribution in [0.5, 0.6) is 0 Å². The quantitative estimate of drug-likeness (QED) is 0.753. The van der Waals surface area contributed by atoms with Crippen LogP contribution in [0.4, 0.5) is 0 Å². The van der Waals surface area contributed by atoms with E-state index in [0.717, 1.165) is 26.2 Å². The summed E-state index contributed by atoms with van der Waals surface area (Å²) < 4.78 is 5.50. The fraction of sp³-hybridized carbons (Fsp3) is 0.667. The van der Waals surface area contributed by atoms with Gasteiger partial charge in [0.2, 0.25) is 0 Å². The Morgan fingerprint density at radius 1 is 1.50 bits per heavy atom. The summed E-state index contributed by atoms with van der Waals surface area (Å²) in [6.45, 7) is 6.87. The van der Waals surface area contributed by atoms with Gasteiger partial charge in [0.15, 0.2) is 0 Å². The smallest absolute Gasteiger partial charge is 0.0482 e. The lowest BCUT2D eigenvalue weighted by molar-refractivity contribution is 0.133. The van der Waals surface area contributed by atoms with Crippen LogP contribution in [0, 0.1) is 0 Å². The van der Waals surface area contributed by atoms with Gasteiger partial charge < -0.3 is 10.1 Å². The van der Waals surface area contributed by atoms with Crippen LogP contribution in [0.3, 0.4) is 0 Å². The summed E-state index contributed by atoms with van der Waals surface area (Å²) in [6, 6.07) is 4.76. The van der Waals surface area contributed by atoms with Crippen molar-refractivity contribution in [3.63, 3.8) is 0 Å². The Balaban J connectivity index is 2.03. The topological polar surface area (TPSA) is 34.1 Å². The zero-order chi connectivity index (χ0) is 12.8. The maximum absolute atomic E-state index is 5.50. The minimum atomic E-state index is 0.498. The maximum Gasteiger partial charge on any atom is 0.0482 e. The van der Waals surface area contributed by atoms with Crippen molar-refractivity contribution in [3.05, 3.63) is 29.6 Å². The highest BCUT2D eigenvalue weighted by Crippen LogP contribution is 2.34. The van der Waals surface area contributed by atoms with Crippen molar-refractivity contribution in [1.29, 1.82) is 0 Å². The van der Waals surface area contributed by atoms with Gasteiger partial charge in [-0.3, -0.25) is 4.98 Å². The number of likely N-dealkylation sites (N-methyl/N-ethyl adjacent to an activating group) is 1. The van der Waals surface area contributed by atoms with E-state index in [1.807, 2.05) is 12.3 Å². The van der Waals surface area contributed by atoms with Gasteiger partial charge in [-0.2, -0.15) is 0 Å². The molecule has 2 unspecified atom stereocenters. The molecule has 0 aliphatic heterocycles. The number of aryl methyl sites for hydroxylation is 1. The molecule has 18 heavy (non-hydrogen) atoms. The number of hydrogen-bond acceptors (Lipinski definition) is 3. The van der Waals surface area contributed by atoms with Crippen molar-refractivity contribution in [2.45, 2.75) is 45.1 Å². The van der Waals surface area contributed by atoms with Crippen LogP contribution >= 0.6 is 0 Å². The van der Waals surface area contributed by atoms with Crippen molar-refractivity contribution in [1.82, 2.24) is 10.3 Å². The van der Waals surface area contributed by atoms with E-state index in [-0.39, 0.29) is 0 Å². The van der Waals surface area contributed by atoms with E-state index in [0.29, 0.717) is 12.0 Å². The van der Waals surface area contributed by atoms with Crippen LogP contribution in [0.1, 0.15) is 43.9 Å². The van der Waals surface area contributed by atoms with Gasteiger partial charge in [0, 0.05) is 37.1 Å². The molecule has 100 valence electrons. The van der Waals surface area contributed by atoms with Crippen LogP contribution in [0.15, 0.2) is 18.3 Å². The number of aromatic nitrogens is 1. The number of hydrogen-bond donors (Lipinski definition) is 1. The van der Waals surface area contributed by atoms with E-state index in [1.54, 1.807) is 0 Å². The number of nitrogens with zero attached hydrogens (tertiary/aromatic N) is 1. The number of fused-ring (bicyclic) bond motifs is 1. The molecular weight excluding hydrogens is 224 g/mol. The van der Waals surface area contributed by atoms with Crippen molar-refractivity contribution < 1.29 is 4.74 Å².